The molecule has 0 radical (unpaired) electrons. The van der Waals surface area contributed by atoms with Crippen molar-refractivity contribution in [2.75, 3.05) is 0 Å². The van der Waals surface area contributed by atoms with Crippen molar-refractivity contribution >= 4 is 12.0 Å². The van der Waals surface area contributed by atoms with Gasteiger partial charge in [-0.05, 0) is 6.04 Å². The van der Waals surface area contributed by atoms with Crippen molar-refractivity contribution in [2.24, 2.45) is 0 Å². The quantitative estimate of drug-likeness (QED) is 0.368. The maximum atomic E-state index is 10.5. The van der Waals surface area contributed by atoms with Gasteiger partial charge in [0.15, 0.2) is 6.29 Å². The molecule has 0 spiro atoms. The van der Waals surface area contributed by atoms with Crippen LogP contribution in [0.2, 0.25) is 0 Å². The van der Waals surface area contributed by atoms with E-state index in [0.717, 1.165) is 0 Å². The van der Waals surface area contributed by atoms with Gasteiger partial charge in [-0.3, -0.25) is 14.9 Å². The summed E-state index contributed by atoms with van der Waals surface area (Å²) in [6.45, 7) is 0. The predicted octanol–water partition coefficient (Wildman–Crippen LogP) is 1.41. The average Bonchev–Trinajstić information content (AvgIpc) is 2.19. The fourth-order valence-corrected chi connectivity index (χ4v) is 0.545. The van der Waals surface area contributed by atoms with E-state index < -0.39 is 40.3 Å². The van der Waals surface area contributed by atoms with Gasteiger partial charge in [-0.1, -0.05) is 12.1 Å². The third kappa shape index (κ3) is 1.40. The summed E-state index contributed by atoms with van der Waals surface area (Å²) < 4.78 is 28.8. The van der Waals surface area contributed by atoms with Crippen LogP contribution in [0.1, 0.15) is 15.8 Å². The zero-order chi connectivity index (χ0) is 11.7. The number of aldehydes is 1. The van der Waals surface area contributed by atoms with Crippen LogP contribution in [-0.2, 0) is 0 Å². The standard InChI is InChI=1S/C7H5NO3/c9-5-6-3-1-2-4-7(6)8(10)11/h1-5H/i1D,2D,3D,4D. The molecule has 0 amide bonds. The largest absolute Gasteiger partial charge is 0.298 e. The molecule has 0 saturated heterocycles. The Kier molecular flexibility index (Phi) is 0.958. The smallest absolute Gasteiger partial charge is 0.279 e. The van der Waals surface area contributed by atoms with Gasteiger partial charge in [-0.25, -0.2) is 0 Å². The highest BCUT2D eigenvalue weighted by molar-refractivity contribution is 5.81. The minimum absolute atomic E-state index is 0.0516. The molecule has 0 aliphatic carbocycles. The molecule has 0 unspecified atom stereocenters. The second kappa shape index (κ2) is 2.92. The molecule has 4 heteroatoms. The first-order valence-electron chi connectivity index (χ1n) is 4.61. The summed E-state index contributed by atoms with van der Waals surface area (Å²) in [7, 11) is 0. The summed E-state index contributed by atoms with van der Waals surface area (Å²) in [6.07, 6.45) is 0.0516. The lowest BCUT2D eigenvalue weighted by Gasteiger charge is -1.91. The van der Waals surface area contributed by atoms with Crippen molar-refractivity contribution in [3.63, 3.8) is 0 Å². The van der Waals surface area contributed by atoms with E-state index in [1.165, 1.54) is 0 Å². The fourth-order valence-electron chi connectivity index (χ4n) is 0.545. The monoisotopic (exact) mass is 155 g/mol. The maximum Gasteiger partial charge on any atom is 0.279 e. The van der Waals surface area contributed by atoms with E-state index in [0.29, 0.717) is 0 Å². The zero-order valence-electron chi connectivity index (χ0n) is 9.25. The molecule has 0 N–H and O–H groups in total. The van der Waals surface area contributed by atoms with Crippen LogP contribution < -0.4 is 0 Å². The van der Waals surface area contributed by atoms with Gasteiger partial charge < -0.3 is 0 Å². The number of rotatable bonds is 2. The molecule has 11 heavy (non-hydrogen) atoms. The van der Waals surface area contributed by atoms with Crippen LogP contribution >= 0.6 is 0 Å². The van der Waals surface area contributed by atoms with Crippen molar-refractivity contribution in [2.45, 2.75) is 0 Å². The van der Waals surface area contributed by atoms with Crippen molar-refractivity contribution in [3.05, 3.63) is 39.8 Å². The Morgan fingerprint density at radius 2 is 2.18 bits per heavy atom. The molecular weight excluding hydrogens is 146 g/mol. The van der Waals surface area contributed by atoms with E-state index in [1.54, 1.807) is 0 Å². The number of carbonyl (C=O) groups is 1. The molecule has 0 saturated carbocycles. The van der Waals surface area contributed by atoms with Crippen molar-refractivity contribution in [1.82, 2.24) is 0 Å². The van der Waals surface area contributed by atoms with Crippen molar-refractivity contribution < 1.29 is 15.2 Å². The third-order valence-electron chi connectivity index (χ3n) is 0.996. The molecular formula is C7H5NO3. The number of nitrogens with zero attached hydrogens (tertiary/aromatic N) is 1. The Balaban J connectivity index is 3.78. The molecule has 0 atom stereocenters. The zero-order valence-corrected chi connectivity index (χ0v) is 5.25. The fraction of sp³-hybridized carbons (Fsp3) is 0. The molecule has 56 valence electrons. The molecule has 0 aliphatic heterocycles. The van der Waals surface area contributed by atoms with Crippen LogP contribution in [0, 0.1) is 10.1 Å². The normalized spacial score (nSPS) is 14.2. The van der Waals surface area contributed by atoms with Gasteiger partial charge in [-0.2, -0.15) is 0 Å². The van der Waals surface area contributed by atoms with E-state index in [1.807, 2.05) is 0 Å². The van der Waals surface area contributed by atoms with E-state index in [9.17, 15) is 14.9 Å². The van der Waals surface area contributed by atoms with Gasteiger partial charge in [0, 0.05) is 6.04 Å². The van der Waals surface area contributed by atoms with Gasteiger partial charge in [0.2, 0.25) is 0 Å². The summed E-state index contributed by atoms with van der Waals surface area (Å²) in [6, 6.07) is -2.90. The number of nitro benzene ring substituents is 1. The second-order valence-electron chi connectivity index (χ2n) is 1.64. The summed E-state index contributed by atoms with van der Waals surface area (Å²) in [5.74, 6) is 0. The first kappa shape index (κ1) is 3.61. The number of para-hydroxylation sites is 1. The Hall–Kier alpha value is -1.71. The highest BCUT2D eigenvalue weighted by Gasteiger charge is 2.09. The van der Waals surface area contributed by atoms with Gasteiger partial charge in [0.1, 0.15) is 0 Å². The maximum absolute atomic E-state index is 10.5. The van der Waals surface area contributed by atoms with Crippen LogP contribution in [-0.4, -0.2) is 11.2 Å². The molecule has 4 nitrogen and oxygen atoms in total. The molecule has 0 aromatic heterocycles. The number of nitro groups is 1. The van der Waals surface area contributed by atoms with Crippen molar-refractivity contribution in [1.29, 1.82) is 0 Å². The molecule has 0 aliphatic rings. The summed E-state index contributed by atoms with van der Waals surface area (Å²) in [4.78, 5) is 20.0. The second-order valence-corrected chi connectivity index (χ2v) is 1.64. The van der Waals surface area contributed by atoms with Crippen LogP contribution in [0.15, 0.2) is 24.2 Å². The Labute approximate surface area is 68.2 Å². The molecule has 0 fully saturated rings. The summed E-state index contributed by atoms with van der Waals surface area (Å²) in [5.41, 5.74) is -1.53. The molecule has 0 heterocycles. The summed E-state index contributed by atoms with van der Waals surface area (Å²) in [5, 5.41) is 10.5. The van der Waals surface area contributed by atoms with E-state index in [2.05, 4.69) is 0 Å². The lowest BCUT2D eigenvalue weighted by Crippen LogP contribution is -1.92. The van der Waals surface area contributed by atoms with Gasteiger partial charge >= 0.3 is 0 Å². The van der Waals surface area contributed by atoms with E-state index in [4.69, 9.17) is 5.48 Å². The topological polar surface area (TPSA) is 60.2 Å². The minimum atomic E-state index is -0.998. The Morgan fingerprint density at radius 1 is 1.55 bits per heavy atom. The lowest BCUT2D eigenvalue weighted by molar-refractivity contribution is -0.385. The molecule has 1 aromatic rings. The number of carbonyl (C=O) groups excluding carboxylic acids is 1. The van der Waals surface area contributed by atoms with E-state index >= 15 is 0 Å². The number of benzene rings is 1. The Morgan fingerprint density at radius 3 is 2.73 bits per heavy atom. The first-order valence-corrected chi connectivity index (χ1v) is 2.61. The molecule has 0 bridgehead atoms. The minimum Gasteiger partial charge on any atom is -0.298 e. The number of hydrogen-bond donors (Lipinski definition) is 0. The third-order valence-corrected chi connectivity index (χ3v) is 0.996. The lowest BCUT2D eigenvalue weighted by atomic mass is 10.2. The van der Waals surface area contributed by atoms with E-state index in [-0.39, 0.29) is 6.29 Å². The van der Waals surface area contributed by atoms with Gasteiger partial charge in [0.05, 0.1) is 16.0 Å². The van der Waals surface area contributed by atoms with Gasteiger partial charge in [-0.15, -0.1) is 0 Å². The van der Waals surface area contributed by atoms with Crippen LogP contribution in [0.25, 0.3) is 0 Å². The van der Waals surface area contributed by atoms with Crippen LogP contribution in [0.3, 0.4) is 0 Å². The highest BCUT2D eigenvalue weighted by Crippen LogP contribution is 2.14. The predicted molar refractivity (Wildman–Crippen MR) is 38.5 cm³/mol. The molecule has 1 aromatic carbocycles. The first-order chi connectivity index (χ1) is 6.91. The van der Waals surface area contributed by atoms with Crippen LogP contribution in [0.4, 0.5) is 5.69 Å². The number of hydrogen-bond acceptors (Lipinski definition) is 3. The highest BCUT2D eigenvalue weighted by atomic mass is 16.6. The van der Waals surface area contributed by atoms with Gasteiger partial charge in [0.25, 0.3) is 5.69 Å². The van der Waals surface area contributed by atoms with Crippen LogP contribution in [0.5, 0.6) is 0 Å². The van der Waals surface area contributed by atoms with Crippen molar-refractivity contribution in [3.8, 4) is 0 Å². The average molecular weight is 155 g/mol. The Bertz CT molecular complexity index is 460. The summed E-state index contributed by atoms with van der Waals surface area (Å²) >= 11 is 0. The molecule has 1 rings (SSSR count). The SMILES string of the molecule is [2H]c1c([2H])c([2H])c([N+](=O)[O-])c(C=O)c1[2H].